The van der Waals surface area contributed by atoms with E-state index in [1.165, 1.54) is 6.26 Å². The van der Waals surface area contributed by atoms with Crippen molar-refractivity contribution in [3.63, 3.8) is 0 Å². The first-order chi connectivity index (χ1) is 5.13. The molecule has 0 radical (unpaired) electrons. The third-order valence-electron chi connectivity index (χ3n) is 1.31. The van der Waals surface area contributed by atoms with Crippen molar-refractivity contribution in [1.82, 2.24) is 0 Å². The summed E-state index contributed by atoms with van der Waals surface area (Å²) >= 11 is 0. The molecule has 60 valence electrons. The van der Waals surface area contributed by atoms with Crippen molar-refractivity contribution in [3.8, 4) is 5.75 Å². The molecule has 4 nitrogen and oxygen atoms in total. The Hall–Kier alpha value is -1.45. The van der Waals surface area contributed by atoms with Crippen LogP contribution in [0.4, 0.5) is 5.69 Å². The largest absolute Gasteiger partial charge is 0.502 e. The maximum Gasteiger partial charge on any atom is 0.249 e. The average Bonchev–Trinajstić information content (AvgIpc) is 1.94. The first kappa shape index (κ1) is 7.65. The van der Waals surface area contributed by atoms with E-state index in [0.29, 0.717) is 5.69 Å². The van der Waals surface area contributed by atoms with Gasteiger partial charge in [-0.3, -0.25) is 4.79 Å². The van der Waals surface area contributed by atoms with Gasteiger partial charge in [0.05, 0.1) is 0 Å². The summed E-state index contributed by atoms with van der Waals surface area (Å²) < 4.78 is 4.69. The van der Waals surface area contributed by atoms with Crippen molar-refractivity contribution < 1.29 is 9.52 Å². The summed E-state index contributed by atoms with van der Waals surface area (Å²) in [5.74, 6) is -0.365. The molecule has 4 heteroatoms. The molecule has 0 bridgehead atoms. The molecule has 0 saturated heterocycles. The lowest BCUT2D eigenvalue weighted by molar-refractivity contribution is 0.430. The van der Waals surface area contributed by atoms with E-state index in [-0.39, 0.29) is 5.75 Å². The first-order valence-electron chi connectivity index (χ1n) is 3.09. The summed E-state index contributed by atoms with van der Waals surface area (Å²) in [6.07, 6.45) is 2.30. The minimum absolute atomic E-state index is 0.338. The highest BCUT2D eigenvalue weighted by atomic mass is 16.3. The minimum atomic E-state index is -0.416. The smallest absolute Gasteiger partial charge is 0.249 e. The Morgan fingerprint density at radius 2 is 2.09 bits per heavy atom. The van der Waals surface area contributed by atoms with Crippen LogP contribution in [0, 0.1) is 0 Å². The van der Waals surface area contributed by atoms with Crippen LogP contribution in [0.1, 0.15) is 0 Å². The number of rotatable bonds is 1. The summed E-state index contributed by atoms with van der Waals surface area (Å²) in [6, 6.07) is 0. The van der Waals surface area contributed by atoms with Gasteiger partial charge in [-0.1, -0.05) is 0 Å². The molecule has 1 aromatic heterocycles. The molecule has 0 spiro atoms. The molecule has 0 aliphatic heterocycles. The molecule has 1 rings (SSSR count). The van der Waals surface area contributed by atoms with Crippen molar-refractivity contribution in [2.24, 2.45) is 0 Å². The van der Waals surface area contributed by atoms with Gasteiger partial charge in [0.15, 0.2) is 0 Å². The predicted molar refractivity (Wildman–Crippen MR) is 41.0 cm³/mol. The molecule has 0 amide bonds. The lowest BCUT2D eigenvalue weighted by Gasteiger charge is -2.09. The number of hydrogen-bond acceptors (Lipinski definition) is 4. The van der Waals surface area contributed by atoms with Crippen LogP contribution in [0.2, 0.25) is 0 Å². The Bertz CT molecular complexity index is 303. The van der Waals surface area contributed by atoms with Gasteiger partial charge in [-0.15, -0.1) is 0 Å². The number of nitrogens with zero attached hydrogens (tertiary/aromatic N) is 1. The molecule has 0 unspecified atom stereocenters. The molecule has 11 heavy (non-hydrogen) atoms. The Morgan fingerprint density at radius 3 is 2.55 bits per heavy atom. The zero-order valence-electron chi connectivity index (χ0n) is 6.37. The molecule has 0 aromatic carbocycles. The third kappa shape index (κ3) is 1.34. The molecule has 0 saturated carbocycles. The molecule has 1 aromatic rings. The predicted octanol–water partition coefficient (Wildman–Crippen LogP) is 0.411. The van der Waals surface area contributed by atoms with Crippen LogP contribution < -0.4 is 10.3 Å². The quantitative estimate of drug-likeness (QED) is 0.638. The van der Waals surface area contributed by atoms with Crippen molar-refractivity contribution >= 4 is 5.69 Å². The van der Waals surface area contributed by atoms with Gasteiger partial charge in [0.2, 0.25) is 11.2 Å². The van der Waals surface area contributed by atoms with Crippen molar-refractivity contribution in [2.75, 3.05) is 19.0 Å². The van der Waals surface area contributed by atoms with Crippen LogP contribution in [-0.2, 0) is 0 Å². The second-order valence-electron chi connectivity index (χ2n) is 2.37. The van der Waals surface area contributed by atoms with E-state index in [0.717, 1.165) is 6.26 Å². The van der Waals surface area contributed by atoms with Gasteiger partial charge in [0, 0.05) is 14.1 Å². The Labute approximate surface area is 63.7 Å². The maximum atomic E-state index is 11.1. The lowest BCUT2D eigenvalue weighted by Crippen LogP contribution is -2.17. The third-order valence-corrected chi connectivity index (χ3v) is 1.31. The van der Waals surface area contributed by atoms with E-state index >= 15 is 0 Å². The van der Waals surface area contributed by atoms with E-state index in [9.17, 15) is 4.79 Å². The summed E-state index contributed by atoms with van der Waals surface area (Å²) in [4.78, 5) is 12.6. The van der Waals surface area contributed by atoms with Crippen LogP contribution in [0.5, 0.6) is 5.75 Å². The van der Waals surface area contributed by atoms with Crippen LogP contribution in [0.15, 0.2) is 21.7 Å². The Morgan fingerprint density at radius 1 is 1.45 bits per heavy atom. The first-order valence-corrected chi connectivity index (χ1v) is 3.09. The molecule has 0 aliphatic carbocycles. The Balaban J connectivity index is 3.28. The van der Waals surface area contributed by atoms with Crippen LogP contribution >= 0.6 is 0 Å². The van der Waals surface area contributed by atoms with E-state index in [2.05, 4.69) is 4.42 Å². The summed E-state index contributed by atoms with van der Waals surface area (Å²) in [5.41, 5.74) is -0.0775. The second kappa shape index (κ2) is 2.65. The zero-order valence-corrected chi connectivity index (χ0v) is 6.37. The van der Waals surface area contributed by atoms with Crippen molar-refractivity contribution in [3.05, 3.63) is 22.7 Å². The fourth-order valence-corrected chi connectivity index (χ4v) is 0.710. The van der Waals surface area contributed by atoms with Crippen LogP contribution in [-0.4, -0.2) is 19.2 Å². The van der Waals surface area contributed by atoms with E-state index in [1.54, 1.807) is 19.0 Å². The number of anilines is 1. The highest BCUT2D eigenvalue weighted by Gasteiger charge is 2.05. The highest BCUT2D eigenvalue weighted by Crippen LogP contribution is 2.08. The van der Waals surface area contributed by atoms with E-state index in [4.69, 9.17) is 5.11 Å². The standard InChI is InChI=1S/C7H9NO3/c1-8(2)5-3-11-4-6(9)7(5)10/h3-4,9H,1-2H3. The molecular formula is C7H9NO3. The highest BCUT2D eigenvalue weighted by molar-refractivity contribution is 5.44. The van der Waals surface area contributed by atoms with Gasteiger partial charge in [-0.05, 0) is 0 Å². The molecule has 1 N–H and O–H groups in total. The molecule has 0 fully saturated rings. The summed E-state index contributed by atoms with van der Waals surface area (Å²) in [7, 11) is 3.40. The van der Waals surface area contributed by atoms with Gasteiger partial charge in [-0.2, -0.15) is 0 Å². The number of aromatic hydroxyl groups is 1. The molecule has 0 aliphatic rings. The summed E-state index contributed by atoms with van der Waals surface area (Å²) in [5, 5.41) is 8.92. The normalized spacial score (nSPS) is 9.64. The number of hydrogen-bond donors (Lipinski definition) is 1. The van der Waals surface area contributed by atoms with Gasteiger partial charge in [0.1, 0.15) is 18.2 Å². The fraction of sp³-hybridized carbons (Fsp3) is 0.286. The average molecular weight is 155 g/mol. The van der Waals surface area contributed by atoms with Gasteiger partial charge >= 0.3 is 0 Å². The maximum absolute atomic E-state index is 11.1. The van der Waals surface area contributed by atoms with Gasteiger partial charge in [0.25, 0.3) is 0 Å². The molecular weight excluding hydrogens is 146 g/mol. The van der Waals surface area contributed by atoms with Crippen LogP contribution in [0.25, 0.3) is 0 Å². The van der Waals surface area contributed by atoms with Crippen molar-refractivity contribution in [1.29, 1.82) is 0 Å². The van der Waals surface area contributed by atoms with Gasteiger partial charge in [-0.25, -0.2) is 0 Å². The van der Waals surface area contributed by atoms with E-state index in [1.807, 2.05) is 0 Å². The fourth-order valence-electron chi connectivity index (χ4n) is 0.710. The lowest BCUT2D eigenvalue weighted by atomic mass is 10.4. The van der Waals surface area contributed by atoms with Gasteiger partial charge < -0.3 is 14.4 Å². The summed E-state index contributed by atoms with van der Waals surface area (Å²) in [6.45, 7) is 0. The molecule has 0 atom stereocenters. The minimum Gasteiger partial charge on any atom is -0.502 e. The molecule has 1 heterocycles. The SMILES string of the molecule is CN(C)c1cocc(O)c1=O. The second-order valence-corrected chi connectivity index (χ2v) is 2.37. The zero-order chi connectivity index (χ0) is 8.43. The monoisotopic (exact) mass is 155 g/mol. The van der Waals surface area contributed by atoms with Crippen LogP contribution in [0.3, 0.4) is 0 Å². The van der Waals surface area contributed by atoms with E-state index < -0.39 is 5.43 Å². The Kier molecular flexibility index (Phi) is 1.85. The van der Waals surface area contributed by atoms with Crippen molar-refractivity contribution in [2.45, 2.75) is 0 Å². The topological polar surface area (TPSA) is 53.7 Å².